The van der Waals surface area contributed by atoms with E-state index >= 15 is 0 Å². The number of hydrogen-bond donors (Lipinski definition) is 3. The molecule has 0 unspecified atom stereocenters. The molecule has 7 rings (SSSR count). The van der Waals surface area contributed by atoms with Crippen LogP contribution in [0.3, 0.4) is 0 Å². The third-order valence-electron chi connectivity index (χ3n) is 11.7. The lowest BCUT2D eigenvalue weighted by molar-refractivity contribution is -0.0767. The van der Waals surface area contributed by atoms with Crippen LogP contribution in [-0.2, 0) is 11.2 Å². The number of aliphatic hydroxyl groups excluding tert-OH is 1. The Balaban J connectivity index is 1.38. The number of rotatable bonds is 10. The zero-order chi connectivity index (χ0) is 37.4. The van der Waals surface area contributed by atoms with E-state index in [-0.39, 0.29) is 24.3 Å². The number of fused-ring (bicyclic) bond motifs is 8. The van der Waals surface area contributed by atoms with Gasteiger partial charge in [0.15, 0.2) is 5.78 Å². The molecule has 3 aliphatic rings. The van der Waals surface area contributed by atoms with Gasteiger partial charge in [-0.05, 0) is 105 Å². The second kappa shape index (κ2) is 17.1. The average molecular weight is 715 g/mol. The number of nitrogens with zero attached hydrogens (tertiary/aromatic N) is 1. The molecule has 0 spiro atoms. The Hall–Kier alpha value is -4.56. The molecule has 3 N–H and O–H groups in total. The summed E-state index contributed by atoms with van der Waals surface area (Å²) in [5, 5.41) is 27.0. The molecule has 53 heavy (non-hydrogen) atoms. The fourth-order valence-corrected chi connectivity index (χ4v) is 8.49. The number of ether oxygens (including phenoxy) is 1. The van der Waals surface area contributed by atoms with E-state index < -0.39 is 17.1 Å². The number of methoxy groups -OCH3 is 1. The summed E-state index contributed by atoms with van der Waals surface area (Å²) in [6.45, 7) is 5.34. The second-order valence-corrected chi connectivity index (χ2v) is 15.3. The summed E-state index contributed by atoms with van der Waals surface area (Å²) in [7, 11) is 1.65. The van der Waals surface area contributed by atoms with Crippen molar-refractivity contribution in [2.45, 2.75) is 82.8 Å². The van der Waals surface area contributed by atoms with Crippen LogP contribution in [0.15, 0.2) is 115 Å². The molecule has 0 saturated heterocycles. The summed E-state index contributed by atoms with van der Waals surface area (Å²) in [5.41, 5.74) is 5.18. The van der Waals surface area contributed by atoms with E-state index in [1.54, 1.807) is 12.0 Å². The van der Waals surface area contributed by atoms with Gasteiger partial charge in [-0.2, -0.15) is 0 Å². The first-order chi connectivity index (χ1) is 25.6. The normalized spacial score (nSPS) is 23.1. The number of carbonyl (C=O) groups is 2. The average Bonchev–Trinajstić information content (AvgIpc) is 3.42. The van der Waals surface area contributed by atoms with E-state index in [4.69, 9.17) is 4.74 Å². The minimum Gasteiger partial charge on any atom is -0.393 e. The molecular weight excluding hydrogens is 661 g/mol. The summed E-state index contributed by atoms with van der Waals surface area (Å²) in [4.78, 5) is 30.2. The Morgan fingerprint density at radius 1 is 0.906 bits per heavy atom. The minimum atomic E-state index is -1.23. The zero-order valence-corrected chi connectivity index (χ0v) is 31.4. The number of urea groups is 1. The highest BCUT2D eigenvalue weighted by atomic mass is 16.5. The third kappa shape index (κ3) is 8.81. The number of nitrogens with one attached hydrogen (secondary N) is 1. The van der Waals surface area contributed by atoms with Crippen LogP contribution >= 0.6 is 0 Å². The van der Waals surface area contributed by atoms with Gasteiger partial charge in [0.25, 0.3) is 0 Å². The summed E-state index contributed by atoms with van der Waals surface area (Å²) >= 11 is 0. The molecule has 7 nitrogen and oxygen atoms in total. The predicted octanol–water partition coefficient (Wildman–Crippen LogP) is 9.19. The van der Waals surface area contributed by atoms with Gasteiger partial charge in [-0.25, -0.2) is 4.79 Å². The van der Waals surface area contributed by atoms with Crippen molar-refractivity contribution < 1.29 is 24.5 Å². The van der Waals surface area contributed by atoms with Crippen LogP contribution in [-0.4, -0.2) is 65.4 Å². The highest BCUT2D eigenvalue weighted by Gasteiger charge is 2.57. The van der Waals surface area contributed by atoms with Crippen molar-refractivity contribution in [3.05, 3.63) is 137 Å². The topological polar surface area (TPSA) is 99.1 Å². The van der Waals surface area contributed by atoms with Gasteiger partial charge < -0.3 is 25.2 Å². The van der Waals surface area contributed by atoms with Gasteiger partial charge in [-0.1, -0.05) is 104 Å². The van der Waals surface area contributed by atoms with E-state index in [2.05, 4.69) is 43.4 Å². The van der Waals surface area contributed by atoms with Gasteiger partial charge in [-0.15, -0.1) is 0 Å². The molecule has 3 aliphatic carbocycles. The van der Waals surface area contributed by atoms with Crippen molar-refractivity contribution in [3.8, 4) is 11.1 Å². The number of allylic oxidation sites excluding steroid dienone is 2. The van der Waals surface area contributed by atoms with Crippen molar-refractivity contribution >= 4 is 17.5 Å². The van der Waals surface area contributed by atoms with Crippen LogP contribution in [0.25, 0.3) is 11.1 Å². The van der Waals surface area contributed by atoms with E-state index in [1.165, 1.54) is 5.57 Å². The molecule has 278 valence electrons. The number of para-hydroxylation sites is 1. The van der Waals surface area contributed by atoms with Crippen LogP contribution in [0.2, 0.25) is 0 Å². The predicted molar refractivity (Wildman–Crippen MR) is 212 cm³/mol. The van der Waals surface area contributed by atoms with Gasteiger partial charge >= 0.3 is 6.03 Å². The van der Waals surface area contributed by atoms with E-state index in [1.807, 2.05) is 84.9 Å². The van der Waals surface area contributed by atoms with Crippen molar-refractivity contribution in [1.29, 1.82) is 0 Å². The van der Waals surface area contributed by atoms with Crippen LogP contribution in [0.1, 0.15) is 91.8 Å². The number of ketones is 1. The van der Waals surface area contributed by atoms with Gasteiger partial charge in [0.05, 0.1) is 18.2 Å². The summed E-state index contributed by atoms with van der Waals surface area (Å²) in [5.74, 6) is -0.219. The maximum Gasteiger partial charge on any atom is 0.321 e. The highest BCUT2D eigenvalue weighted by Crippen LogP contribution is 2.59. The number of hydrogen-bond acceptors (Lipinski definition) is 5. The van der Waals surface area contributed by atoms with Crippen LogP contribution in [0.5, 0.6) is 0 Å². The molecule has 4 atom stereocenters. The largest absolute Gasteiger partial charge is 0.393 e. The Morgan fingerprint density at radius 2 is 1.60 bits per heavy atom. The van der Waals surface area contributed by atoms with Gasteiger partial charge in [0, 0.05) is 42.5 Å². The van der Waals surface area contributed by atoms with Crippen molar-refractivity contribution in [2.75, 3.05) is 32.1 Å². The number of carbonyl (C=O) groups excluding carboxylic acids is 2. The summed E-state index contributed by atoms with van der Waals surface area (Å²) in [6.07, 6.45) is 6.76. The standard InChI is InChI=1S/C46H54N2O5/c1-33-12-10-26-45(2)42(25-27-46(45,52)32-48(28-11-29-53-3)44(51)47-38-15-8-5-9-16-38)40-24-18-34(30-39(49)23-17-33)31-41(40)43(50)37-21-19-36(20-22-37)35-13-6-4-7-14-35/h4-9,12-16,18-22,24,31,39,42,49,52H,10-11,17,23,25-30,32H2,1-3H3,(H,47,51)/t39-,42-,45-,46+/m0/s1. The quantitative estimate of drug-likeness (QED) is 0.0865. The van der Waals surface area contributed by atoms with Gasteiger partial charge in [0.1, 0.15) is 0 Å². The van der Waals surface area contributed by atoms with E-state index in [9.17, 15) is 19.8 Å². The molecule has 0 aliphatic heterocycles. The molecule has 0 heterocycles. The maximum absolute atomic E-state index is 14.6. The first-order valence-corrected chi connectivity index (χ1v) is 19.1. The van der Waals surface area contributed by atoms with Crippen LogP contribution < -0.4 is 5.32 Å². The first-order valence-electron chi connectivity index (χ1n) is 19.1. The number of benzene rings is 4. The molecular formula is C46H54N2O5. The summed E-state index contributed by atoms with van der Waals surface area (Å²) in [6, 6.07) is 33.1. The third-order valence-corrected chi connectivity index (χ3v) is 11.7. The Kier molecular flexibility index (Phi) is 12.3. The minimum absolute atomic E-state index is 0.0694. The molecule has 2 bridgehead atoms. The Morgan fingerprint density at radius 3 is 2.32 bits per heavy atom. The van der Waals surface area contributed by atoms with Crippen LogP contribution in [0.4, 0.5) is 10.5 Å². The lowest BCUT2D eigenvalue weighted by Gasteiger charge is -2.46. The lowest BCUT2D eigenvalue weighted by atomic mass is 9.64. The number of amides is 2. The molecule has 2 amide bonds. The highest BCUT2D eigenvalue weighted by molar-refractivity contribution is 6.10. The second-order valence-electron chi connectivity index (χ2n) is 15.3. The van der Waals surface area contributed by atoms with Crippen LogP contribution in [0, 0.1) is 5.41 Å². The molecule has 0 aromatic heterocycles. The van der Waals surface area contributed by atoms with E-state index in [0.717, 1.165) is 35.1 Å². The molecule has 1 fully saturated rings. The summed E-state index contributed by atoms with van der Waals surface area (Å²) < 4.78 is 5.34. The monoisotopic (exact) mass is 714 g/mol. The molecule has 4 aromatic rings. The Bertz CT molecular complexity index is 1880. The van der Waals surface area contributed by atoms with Gasteiger partial charge in [0.2, 0.25) is 0 Å². The molecule has 1 saturated carbocycles. The fraction of sp³-hybridized carbons (Fsp3) is 0.391. The SMILES string of the molecule is COCCCN(C[C@]1(O)CC[C@H]2c3ccc(cc3C(=O)c3ccc(-c4ccccc4)cc3)C[C@@H](O)CCC(C)=CCC[C@@]21C)C(=O)Nc1ccccc1. The van der Waals surface area contributed by atoms with Crippen molar-refractivity contribution in [2.24, 2.45) is 5.41 Å². The molecule has 7 heteroatoms. The first kappa shape index (κ1) is 38.2. The smallest absolute Gasteiger partial charge is 0.321 e. The molecule has 0 radical (unpaired) electrons. The maximum atomic E-state index is 14.6. The fourth-order valence-electron chi connectivity index (χ4n) is 8.49. The van der Waals surface area contributed by atoms with Gasteiger partial charge in [-0.3, -0.25) is 4.79 Å². The lowest BCUT2D eigenvalue weighted by Crippen LogP contribution is -2.54. The van der Waals surface area contributed by atoms with Crippen molar-refractivity contribution in [1.82, 2.24) is 4.90 Å². The van der Waals surface area contributed by atoms with E-state index in [0.29, 0.717) is 68.5 Å². The zero-order valence-electron chi connectivity index (χ0n) is 31.4. The Labute approximate surface area is 314 Å². The molecule has 4 aromatic carbocycles. The number of aliphatic hydroxyl groups is 2. The number of anilines is 1. The van der Waals surface area contributed by atoms with Crippen molar-refractivity contribution in [3.63, 3.8) is 0 Å².